The van der Waals surface area contributed by atoms with Crippen LogP contribution in [0.3, 0.4) is 0 Å². The fourth-order valence-electron chi connectivity index (χ4n) is 3.60. The smallest absolute Gasteiger partial charge is 0.170 e. The number of ketones is 2. The van der Waals surface area contributed by atoms with E-state index in [-0.39, 0.29) is 21.6 Å². The van der Waals surface area contributed by atoms with E-state index in [1.165, 1.54) is 0 Å². The van der Waals surface area contributed by atoms with Gasteiger partial charge in [-0.05, 0) is 0 Å². The summed E-state index contributed by atoms with van der Waals surface area (Å²) >= 11 is 37.9. The highest BCUT2D eigenvalue weighted by atomic mass is 35.5. The lowest BCUT2D eigenvalue weighted by Crippen LogP contribution is -2.51. The molecule has 0 aromatic carbocycles. The van der Waals surface area contributed by atoms with Crippen molar-refractivity contribution in [3.8, 4) is 0 Å². The van der Waals surface area contributed by atoms with E-state index in [1.807, 2.05) is 0 Å². The summed E-state index contributed by atoms with van der Waals surface area (Å²) in [6.07, 6.45) is -1.60. The highest BCUT2D eigenvalue weighted by Crippen LogP contribution is 2.77. The number of carbonyl (C=O) groups is 2. The number of Topliss-reactive ketones (excluding diaryl/α,β-unsaturated/α-hetero) is 2. The third-order valence-corrected chi connectivity index (χ3v) is 8.86. The van der Waals surface area contributed by atoms with Crippen LogP contribution in [0.4, 0.5) is 0 Å². The van der Waals surface area contributed by atoms with Crippen molar-refractivity contribution in [1.29, 1.82) is 0 Å². The van der Waals surface area contributed by atoms with Crippen LogP contribution in [0, 0.1) is 11.8 Å². The van der Waals surface area contributed by atoms with Gasteiger partial charge in [0, 0.05) is 0 Å². The summed E-state index contributed by atoms with van der Waals surface area (Å²) < 4.78 is 3.22. The number of fused-ring (bicyclic) bond motifs is 6. The van der Waals surface area contributed by atoms with Gasteiger partial charge in [0.05, 0.1) is 21.9 Å². The molecule has 9 heteroatoms. The molecule has 108 valence electrons. The van der Waals surface area contributed by atoms with Gasteiger partial charge in [-0.2, -0.15) is 0 Å². The van der Waals surface area contributed by atoms with Crippen molar-refractivity contribution in [3.05, 3.63) is 10.1 Å². The molecule has 6 atom stereocenters. The number of epoxide rings is 1. The van der Waals surface area contributed by atoms with Crippen LogP contribution >= 0.6 is 69.6 Å². The number of hydrogen-bond acceptors (Lipinski definition) is 3. The first-order chi connectivity index (χ1) is 9.11. The highest BCUT2D eigenvalue weighted by molar-refractivity contribution is 6.66. The van der Waals surface area contributed by atoms with Crippen LogP contribution in [0.25, 0.3) is 0 Å². The summed E-state index contributed by atoms with van der Waals surface area (Å²) in [6, 6.07) is 0. The van der Waals surface area contributed by atoms with Gasteiger partial charge in [0.15, 0.2) is 28.1 Å². The van der Waals surface area contributed by atoms with E-state index in [4.69, 9.17) is 74.3 Å². The van der Waals surface area contributed by atoms with Gasteiger partial charge in [0.1, 0.15) is 9.75 Å². The molecule has 4 rings (SSSR count). The Labute approximate surface area is 143 Å². The zero-order chi connectivity index (χ0) is 14.8. The van der Waals surface area contributed by atoms with Crippen molar-refractivity contribution in [2.45, 2.75) is 26.3 Å². The Morgan fingerprint density at radius 1 is 0.800 bits per heavy atom. The molecule has 0 aromatic rings. The minimum Gasteiger partial charge on any atom is -0.353 e. The Bertz CT molecular complexity index is 580. The summed E-state index contributed by atoms with van der Waals surface area (Å²) in [5.41, 5.74) is 0. The number of hydrogen-bond donors (Lipinski definition) is 0. The molecule has 3 aliphatic carbocycles. The number of allylic oxidation sites excluding steroid dienone is 2. The van der Waals surface area contributed by atoms with Crippen molar-refractivity contribution >= 4 is 81.2 Å². The summed E-state index contributed by atoms with van der Waals surface area (Å²) in [4.78, 5) is 21.4. The second-order valence-corrected chi connectivity index (χ2v) is 8.64. The average molecular weight is 397 g/mol. The first-order valence-corrected chi connectivity index (χ1v) is 7.93. The van der Waals surface area contributed by atoms with Crippen molar-refractivity contribution < 1.29 is 14.3 Å². The lowest BCUT2D eigenvalue weighted by atomic mass is 9.71. The van der Waals surface area contributed by atoms with Crippen molar-refractivity contribution in [1.82, 2.24) is 0 Å². The van der Waals surface area contributed by atoms with E-state index in [0.717, 1.165) is 0 Å². The molecule has 0 aromatic heterocycles. The van der Waals surface area contributed by atoms with Crippen LogP contribution in [0.5, 0.6) is 0 Å². The van der Waals surface area contributed by atoms with E-state index in [2.05, 4.69) is 0 Å². The quantitative estimate of drug-likeness (QED) is 0.467. The van der Waals surface area contributed by atoms with E-state index in [0.29, 0.717) is 0 Å². The summed E-state index contributed by atoms with van der Waals surface area (Å²) in [5, 5.41) is -0.162. The molecule has 0 spiro atoms. The van der Waals surface area contributed by atoms with Crippen molar-refractivity contribution in [2.24, 2.45) is 11.8 Å². The number of carbonyl (C=O) groups excluding carboxylic acids is 2. The molecule has 3 nitrogen and oxygen atoms in total. The predicted octanol–water partition coefficient (Wildman–Crippen LogP) is 2.98. The molecular formula is C11H4Cl6O3. The van der Waals surface area contributed by atoms with Gasteiger partial charge in [0.2, 0.25) is 0 Å². The fourth-order valence-corrected chi connectivity index (χ4v) is 6.56. The molecule has 2 bridgehead atoms. The summed E-state index contributed by atoms with van der Waals surface area (Å²) in [6.45, 7) is 0. The van der Waals surface area contributed by atoms with Crippen molar-refractivity contribution in [3.63, 3.8) is 0 Å². The molecule has 1 heterocycles. The molecular weight excluding hydrogens is 393 g/mol. The lowest BCUT2D eigenvalue weighted by Gasteiger charge is -2.36. The third-order valence-electron chi connectivity index (χ3n) is 4.60. The molecule has 0 radical (unpaired) electrons. The summed E-state index contributed by atoms with van der Waals surface area (Å²) in [7, 11) is 0. The minimum absolute atomic E-state index is 0.0812. The second kappa shape index (κ2) is 3.64. The van der Waals surface area contributed by atoms with Crippen LogP contribution in [-0.2, 0) is 14.3 Å². The van der Waals surface area contributed by atoms with Gasteiger partial charge in [-0.25, -0.2) is 0 Å². The molecule has 1 aliphatic heterocycles. The van der Waals surface area contributed by atoms with Crippen LogP contribution < -0.4 is 0 Å². The topological polar surface area (TPSA) is 46.7 Å². The van der Waals surface area contributed by atoms with Crippen LogP contribution in [0.2, 0.25) is 0 Å². The number of halogens is 6. The zero-order valence-electron chi connectivity index (χ0n) is 9.30. The molecule has 0 N–H and O–H groups in total. The average Bonchev–Trinajstić information content (AvgIpc) is 3.14. The van der Waals surface area contributed by atoms with E-state index in [9.17, 15) is 9.59 Å². The SMILES string of the molecule is O=C1C2OC2C(=O)C2C1C1(Cl)C(Cl)=C(Cl)C2(Cl)C1(Cl)Cl. The predicted molar refractivity (Wildman–Crippen MR) is 76.0 cm³/mol. The van der Waals surface area contributed by atoms with Gasteiger partial charge in [0.25, 0.3) is 0 Å². The van der Waals surface area contributed by atoms with Gasteiger partial charge in [-0.15, -0.1) is 23.2 Å². The Kier molecular flexibility index (Phi) is 2.62. The highest BCUT2D eigenvalue weighted by Gasteiger charge is 2.88. The normalized spacial score (nSPS) is 55.1. The lowest BCUT2D eigenvalue weighted by molar-refractivity contribution is -0.135. The monoisotopic (exact) mass is 394 g/mol. The standard InChI is InChI=1S/C11H4Cl6O3/c12-7-8(13)10(15)2-1(9(7,14)11(10,16)17)3(18)5-6(20-5)4(2)19/h1-2,5-6H. The van der Waals surface area contributed by atoms with Gasteiger partial charge in [-0.1, -0.05) is 46.4 Å². The Hall–Kier alpha value is 0.780. The minimum atomic E-state index is -1.87. The fraction of sp³-hybridized carbons (Fsp3) is 0.636. The maximum atomic E-state index is 12.4. The first-order valence-electron chi connectivity index (χ1n) is 5.66. The van der Waals surface area contributed by atoms with Gasteiger partial charge in [-0.3, -0.25) is 9.59 Å². The first kappa shape index (κ1) is 14.4. The molecule has 0 amide bonds. The number of rotatable bonds is 0. The zero-order valence-corrected chi connectivity index (χ0v) is 13.8. The van der Waals surface area contributed by atoms with E-state index in [1.54, 1.807) is 0 Å². The maximum absolute atomic E-state index is 12.4. The molecule has 4 aliphatic rings. The summed E-state index contributed by atoms with van der Waals surface area (Å²) in [5.74, 6) is -2.79. The van der Waals surface area contributed by atoms with Gasteiger partial charge >= 0.3 is 0 Å². The molecule has 1 saturated heterocycles. The molecule has 2 saturated carbocycles. The van der Waals surface area contributed by atoms with Crippen LogP contribution in [0.1, 0.15) is 0 Å². The maximum Gasteiger partial charge on any atom is 0.170 e. The Balaban J connectivity index is 2.03. The van der Waals surface area contributed by atoms with Gasteiger partial charge < -0.3 is 4.74 Å². The van der Waals surface area contributed by atoms with E-state index < -0.39 is 38.1 Å². The largest absolute Gasteiger partial charge is 0.353 e. The van der Waals surface area contributed by atoms with E-state index >= 15 is 0 Å². The van der Waals surface area contributed by atoms with Crippen LogP contribution in [0.15, 0.2) is 10.1 Å². The second-order valence-electron chi connectivity index (χ2n) is 5.36. The van der Waals surface area contributed by atoms with Crippen LogP contribution in [-0.4, -0.2) is 37.9 Å². The van der Waals surface area contributed by atoms with Crippen molar-refractivity contribution in [2.75, 3.05) is 0 Å². The Morgan fingerprint density at radius 3 is 1.50 bits per heavy atom. The molecule has 6 unspecified atom stereocenters. The molecule has 20 heavy (non-hydrogen) atoms. The molecule has 3 fully saturated rings. The number of ether oxygens (including phenoxy) is 1. The third kappa shape index (κ3) is 1.12. The number of alkyl halides is 4. The Morgan fingerprint density at radius 2 is 1.15 bits per heavy atom.